The molecule has 1 aromatic rings. The van der Waals surface area contributed by atoms with E-state index in [1.54, 1.807) is 0 Å². The maximum absolute atomic E-state index is 2.38. The van der Waals surface area contributed by atoms with Crippen molar-refractivity contribution in [3.05, 3.63) is 27.3 Å². The largest absolute Gasteiger partial charge is 0.139 e. The van der Waals surface area contributed by atoms with Crippen molar-refractivity contribution in [2.45, 2.75) is 13.3 Å². The Morgan fingerprint density at radius 3 is 2.70 bits per heavy atom. The lowest BCUT2D eigenvalue weighted by atomic mass is 9.94. The molecule has 10 heavy (non-hydrogen) atoms. The summed E-state index contributed by atoms with van der Waals surface area (Å²) in [4.78, 5) is 0. The van der Waals surface area contributed by atoms with Gasteiger partial charge in [-0.3, -0.25) is 0 Å². The maximum Gasteiger partial charge on any atom is 0.139 e. The van der Waals surface area contributed by atoms with Crippen LogP contribution in [-0.4, -0.2) is 7.85 Å². The Morgan fingerprint density at radius 2 is 2.20 bits per heavy atom. The van der Waals surface area contributed by atoms with Gasteiger partial charge < -0.3 is 0 Å². The minimum atomic E-state index is 1.14. The molecule has 0 amide bonds. The minimum Gasteiger partial charge on any atom is -0.0886 e. The van der Waals surface area contributed by atoms with Crippen molar-refractivity contribution in [3.63, 3.8) is 0 Å². The average Bonchev–Trinajstić information content (AvgIpc) is 1.94. The van der Waals surface area contributed by atoms with Crippen molar-refractivity contribution < 1.29 is 0 Å². The quantitative estimate of drug-likeness (QED) is 0.512. The number of hydrogen-bond donors (Lipinski definition) is 0. The zero-order chi connectivity index (χ0) is 7.56. The highest BCUT2D eigenvalue weighted by atomic mass is 127. The number of benzene rings is 1. The van der Waals surface area contributed by atoms with Crippen molar-refractivity contribution in [2.24, 2.45) is 0 Å². The van der Waals surface area contributed by atoms with Crippen LogP contribution in [0.4, 0.5) is 0 Å². The van der Waals surface area contributed by atoms with Crippen molar-refractivity contribution >= 4 is 35.9 Å². The van der Waals surface area contributed by atoms with E-state index in [-0.39, 0.29) is 0 Å². The molecule has 0 saturated heterocycles. The van der Waals surface area contributed by atoms with Crippen molar-refractivity contribution in [2.75, 3.05) is 0 Å². The summed E-state index contributed by atoms with van der Waals surface area (Å²) in [7, 11) is 2.13. The summed E-state index contributed by atoms with van der Waals surface area (Å²) >= 11 is 2.38. The van der Waals surface area contributed by atoms with E-state index < -0.39 is 0 Å². The van der Waals surface area contributed by atoms with Gasteiger partial charge in [-0.2, -0.15) is 0 Å². The average molecular weight is 244 g/mol. The molecule has 1 rings (SSSR count). The number of aryl methyl sites for hydroxylation is 1. The third kappa shape index (κ3) is 1.75. The highest BCUT2D eigenvalue weighted by Crippen LogP contribution is 2.09. The van der Waals surface area contributed by atoms with Crippen LogP contribution < -0.4 is 5.46 Å². The SMILES string of the molecule is Bc1ccc(I)c(CC)c1. The first-order valence-corrected chi connectivity index (χ1v) is 4.57. The molecule has 0 fully saturated rings. The molecule has 0 N–H and O–H groups in total. The van der Waals surface area contributed by atoms with Gasteiger partial charge in [0.2, 0.25) is 0 Å². The van der Waals surface area contributed by atoms with Crippen LogP contribution in [0.5, 0.6) is 0 Å². The highest BCUT2D eigenvalue weighted by Gasteiger charge is 1.94. The molecule has 0 nitrogen and oxygen atoms in total. The van der Waals surface area contributed by atoms with Gasteiger partial charge in [-0.25, -0.2) is 0 Å². The Hall–Kier alpha value is 0.0149. The Labute approximate surface area is 76.6 Å². The summed E-state index contributed by atoms with van der Waals surface area (Å²) in [6.07, 6.45) is 1.14. The Balaban J connectivity index is 3.09. The van der Waals surface area contributed by atoms with Crippen LogP contribution in [0.15, 0.2) is 18.2 Å². The molecular formula is C8H10BI. The summed E-state index contributed by atoms with van der Waals surface area (Å²) in [5.74, 6) is 0. The Morgan fingerprint density at radius 1 is 1.50 bits per heavy atom. The molecular weight excluding hydrogens is 234 g/mol. The first-order valence-electron chi connectivity index (χ1n) is 3.49. The molecule has 0 heterocycles. The predicted molar refractivity (Wildman–Crippen MR) is 56.7 cm³/mol. The van der Waals surface area contributed by atoms with Crippen LogP contribution in [-0.2, 0) is 6.42 Å². The van der Waals surface area contributed by atoms with E-state index in [0.717, 1.165) is 6.42 Å². The molecule has 0 radical (unpaired) electrons. The smallest absolute Gasteiger partial charge is 0.0886 e. The molecule has 2 heteroatoms. The number of hydrogen-bond acceptors (Lipinski definition) is 0. The zero-order valence-corrected chi connectivity index (χ0v) is 8.47. The van der Waals surface area contributed by atoms with E-state index in [1.807, 2.05) is 0 Å². The van der Waals surface area contributed by atoms with Gasteiger partial charge in [-0.05, 0) is 40.6 Å². The second-order valence-electron chi connectivity index (χ2n) is 2.45. The van der Waals surface area contributed by atoms with E-state index >= 15 is 0 Å². The molecule has 0 unspecified atom stereocenters. The monoisotopic (exact) mass is 244 g/mol. The topological polar surface area (TPSA) is 0 Å². The van der Waals surface area contributed by atoms with Crippen molar-refractivity contribution in [3.8, 4) is 0 Å². The van der Waals surface area contributed by atoms with Crippen LogP contribution in [0.2, 0.25) is 0 Å². The highest BCUT2D eigenvalue weighted by molar-refractivity contribution is 14.1. The standard InChI is InChI=1S/C8H10BI/c1-2-6-5-7(9)3-4-8(6)10/h3-5H,2,9H2,1H3. The van der Waals surface area contributed by atoms with E-state index in [9.17, 15) is 0 Å². The fourth-order valence-electron chi connectivity index (χ4n) is 0.974. The van der Waals surface area contributed by atoms with Crippen LogP contribution in [0.25, 0.3) is 0 Å². The first-order chi connectivity index (χ1) is 4.74. The number of rotatable bonds is 1. The minimum absolute atomic E-state index is 1.14. The van der Waals surface area contributed by atoms with Crippen LogP contribution in [0.3, 0.4) is 0 Å². The van der Waals surface area contributed by atoms with Crippen LogP contribution in [0, 0.1) is 3.57 Å². The summed E-state index contributed by atoms with van der Waals surface area (Å²) < 4.78 is 1.38. The summed E-state index contributed by atoms with van der Waals surface area (Å²) in [5, 5.41) is 0. The second kappa shape index (κ2) is 3.42. The molecule has 0 aromatic heterocycles. The Kier molecular flexibility index (Phi) is 2.77. The lowest BCUT2D eigenvalue weighted by Crippen LogP contribution is -2.03. The van der Waals surface area contributed by atoms with Gasteiger partial charge in [0.25, 0.3) is 0 Å². The molecule has 0 aliphatic rings. The van der Waals surface area contributed by atoms with Gasteiger partial charge in [-0.1, -0.05) is 24.5 Å². The molecule has 0 aliphatic heterocycles. The summed E-state index contributed by atoms with van der Waals surface area (Å²) in [6, 6.07) is 6.58. The maximum atomic E-state index is 2.38. The van der Waals surface area contributed by atoms with E-state index in [4.69, 9.17) is 0 Å². The third-order valence-corrected chi connectivity index (χ3v) is 2.63. The van der Waals surface area contributed by atoms with Gasteiger partial charge in [0.1, 0.15) is 7.85 Å². The molecule has 1 aromatic carbocycles. The zero-order valence-electron chi connectivity index (χ0n) is 6.32. The second-order valence-corrected chi connectivity index (χ2v) is 3.61. The molecule has 0 saturated carbocycles. The van der Waals surface area contributed by atoms with Gasteiger partial charge in [-0.15, -0.1) is 0 Å². The molecule has 0 aliphatic carbocycles. The molecule has 0 atom stereocenters. The van der Waals surface area contributed by atoms with E-state index in [1.165, 1.54) is 14.6 Å². The van der Waals surface area contributed by atoms with Crippen molar-refractivity contribution in [1.29, 1.82) is 0 Å². The van der Waals surface area contributed by atoms with Gasteiger partial charge in [0.15, 0.2) is 0 Å². The Bertz CT molecular complexity index is 233. The van der Waals surface area contributed by atoms with Gasteiger partial charge in [0, 0.05) is 3.57 Å². The predicted octanol–water partition coefficient (Wildman–Crippen LogP) is 1.11. The first kappa shape index (κ1) is 8.11. The van der Waals surface area contributed by atoms with Crippen molar-refractivity contribution in [1.82, 2.24) is 0 Å². The number of halogens is 1. The van der Waals surface area contributed by atoms with Gasteiger partial charge >= 0.3 is 0 Å². The molecule has 0 spiro atoms. The lowest BCUT2D eigenvalue weighted by molar-refractivity contribution is 1.13. The molecule has 52 valence electrons. The summed E-state index contributed by atoms with van der Waals surface area (Å²) in [5.41, 5.74) is 2.82. The fourth-order valence-corrected chi connectivity index (χ4v) is 1.69. The van der Waals surface area contributed by atoms with Crippen LogP contribution in [0.1, 0.15) is 12.5 Å². The fraction of sp³-hybridized carbons (Fsp3) is 0.250. The van der Waals surface area contributed by atoms with Crippen LogP contribution >= 0.6 is 22.6 Å². The van der Waals surface area contributed by atoms with E-state index in [0.29, 0.717) is 0 Å². The molecule has 0 bridgehead atoms. The summed E-state index contributed by atoms with van der Waals surface area (Å²) in [6.45, 7) is 2.19. The normalized spacial score (nSPS) is 9.80. The lowest BCUT2D eigenvalue weighted by Gasteiger charge is -2.00. The van der Waals surface area contributed by atoms with E-state index in [2.05, 4.69) is 55.6 Å². The van der Waals surface area contributed by atoms with Gasteiger partial charge in [0.05, 0.1) is 0 Å². The third-order valence-electron chi connectivity index (χ3n) is 1.58.